The van der Waals surface area contributed by atoms with Gasteiger partial charge in [0.25, 0.3) is 0 Å². The van der Waals surface area contributed by atoms with Crippen LogP contribution in [0, 0.1) is 12.8 Å². The van der Waals surface area contributed by atoms with E-state index in [1.807, 2.05) is 12.3 Å². The zero-order valence-corrected chi connectivity index (χ0v) is 12.6. The molecule has 1 heterocycles. The molecule has 1 aromatic heterocycles. The normalized spacial score (nSPS) is 23.9. The Morgan fingerprint density at radius 3 is 3.00 bits per heavy atom. The van der Waals surface area contributed by atoms with Crippen molar-refractivity contribution in [3.8, 4) is 0 Å². The van der Waals surface area contributed by atoms with Gasteiger partial charge in [0.2, 0.25) is 5.91 Å². The second-order valence-electron chi connectivity index (χ2n) is 4.98. The van der Waals surface area contributed by atoms with Crippen LogP contribution in [0.25, 0.3) is 0 Å². The number of hydrogen-bond donors (Lipinski definition) is 1. The van der Waals surface area contributed by atoms with Gasteiger partial charge >= 0.3 is 0 Å². The van der Waals surface area contributed by atoms with Crippen molar-refractivity contribution in [2.75, 3.05) is 5.75 Å². The molecule has 1 fully saturated rings. The Kier molecular flexibility index (Phi) is 5.06. The summed E-state index contributed by atoms with van der Waals surface area (Å²) in [7, 11) is 0. The fourth-order valence-electron chi connectivity index (χ4n) is 2.31. The highest BCUT2D eigenvalue weighted by Crippen LogP contribution is 2.25. The fraction of sp³-hybridized carbons (Fsp3) is 0.692. The second kappa shape index (κ2) is 6.57. The molecule has 0 aliphatic heterocycles. The lowest BCUT2D eigenvalue weighted by molar-refractivity contribution is -0.119. The van der Waals surface area contributed by atoms with E-state index in [2.05, 4.69) is 17.2 Å². The van der Waals surface area contributed by atoms with Crippen LogP contribution in [-0.2, 0) is 4.79 Å². The Balaban J connectivity index is 1.74. The van der Waals surface area contributed by atoms with Crippen molar-refractivity contribution in [2.24, 2.45) is 5.92 Å². The van der Waals surface area contributed by atoms with Gasteiger partial charge in [0.15, 0.2) is 4.34 Å². The smallest absolute Gasteiger partial charge is 0.230 e. The van der Waals surface area contributed by atoms with Crippen LogP contribution in [0.15, 0.2) is 9.72 Å². The van der Waals surface area contributed by atoms with E-state index >= 15 is 0 Å². The van der Waals surface area contributed by atoms with Gasteiger partial charge in [-0.05, 0) is 25.7 Å². The molecule has 100 valence electrons. The van der Waals surface area contributed by atoms with E-state index in [1.54, 1.807) is 11.3 Å². The average molecular weight is 284 g/mol. The molecule has 0 spiro atoms. The van der Waals surface area contributed by atoms with Gasteiger partial charge in [-0.3, -0.25) is 4.79 Å². The number of thioether (sulfide) groups is 1. The molecule has 0 radical (unpaired) electrons. The highest BCUT2D eigenvalue weighted by molar-refractivity contribution is 8.01. The van der Waals surface area contributed by atoms with E-state index in [1.165, 1.54) is 31.0 Å². The van der Waals surface area contributed by atoms with E-state index in [9.17, 15) is 4.79 Å². The minimum atomic E-state index is 0.145. The maximum absolute atomic E-state index is 11.9. The molecular weight excluding hydrogens is 264 g/mol. The number of nitrogens with zero attached hydrogens (tertiary/aromatic N) is 1. The van der Waals surface area contributed by atoms with E-state index in [4.69, 9.17) is 0 Å². The number of rotatable bonds is 4. The Morgan fingerprint density at radius 2 is 2.33 bits per heavy atom. The monoisotopic (exact) mass is 284 g/mol. The predicted octanol–water partition coefficient (Wildman–Crippen LogP) is 3.24. The second-order valence-corrected chi connectivity index (χ2v) is 7.06. The number of nitrogens with one attached hydrogen (secondary N) is 1. The first kappa shape index (κ1) is 13.9. The Labute approximate surface area is 117 Å². The summed E-state index contributed by atoms with van der Waals surface area (Å²) in [5.74, 6) is 1.25. The first-order chi connectivity index (χ1) is 8.65. The third kappa shape index (κ3) is 3.99. The molecule has 1 saturated carbocycles. The van der Waals surface area contributed by atoms with Crippen LogP contribution >= 0.6 is 23.1 Å². The first-order valence-electron chi connectivity index (χ1n) is 6.49. The summed E-state index contributed by atoms with van der Waals surface area (Å²) in [5, 5.41) is 5.18. The zero-order valence-electron chi connectivity index (χ0n) is 10.9. The van der Waals surface area contributed by atoms with Crippen LogP contribution in [0.4, 0.5) is 0 Å². The summed E-state index contributed by atoms with van der Waals surface area (Å²) >= 11 is 3.14. The lowest BCUT2D eigenvalue weighted by atomic mass is 9.86. The number of aromatic nitrogens is 1. The lowest BCUT2D eigenvalue weighted by Crippen LogP contribution is -2.41. The van der Waals surface area contributed by atoms with Crippen molar-refractivity contribution in [1.82, 2.24) is 10.3 Å². The number of hydrogen-bond acceptors (Lipinski definition) is 4. The quantitative estimate of drug-likeness (QED) is 0.863. The lowest BCUT2D eigenvalue weighted by Gasteiger charge is -2.29. The third-order valence-corrected chi connectivity index (χ3v) is 5.52. The summed E-state index contributed by atoms with van der Waals surface area (Å²) in [4.78, 5) is 16.2. The Bertz CT molecular complexity index is 405. The van der Waals surface area contributed by atoms with Gasteiger partial charge in [0.05, 0.1) is 5.75 Å². The standard InChI is InChI=1S/C13H20N2OS2/c1-9-5-3-4-6-11(9)15-12(16)8-18-13-14-10(2)7-17-13/h7,9,11H,3-6,8H2,1-2H3,(H,15,16)/t9-,11-/m0/s1. The number of carbonyl (C=O) groups excluding carboxylic acids is 1. The van der Waals surface area contributed by atoms with Gasteiger partial charge in [-0.15, -0.1) is 11.3 Å². The van der Waals surface area contributed by atoms with Crippen molar-refractivity contribution >= 4 is 29.0 Å². The van der Waals surface area contributed by atoms with Crippen LogP contribution in [0.5, 0.6) is 0 Å². The number of thiazole rings is 1. The molecule has 2 atom stereocenters. The molecular formula is C13H20N2OS2. The van der Waals surface area contributed by atoms with Gasteiger partial charge < -0.3 is 5.32 Å². The van der Waals surface area contributed by atoms with Crippen molar-refractivity contribution in [3.05, 3.63) is 11.1 Å². The molecule has 1 aliphatic rings. The van der Waals surface area contributed by atoms with Crippen molar-refractivity contribution in [2.45, 2.75) is 49.9 Å². The molecule has 1 N–H and O–H groups in total. The fourth-order valence-corrected chi connectivity index (χ4v) is 3.97. The summed E-state index contributed by atoms with van der Waals surface area (Å²) in [5.41, 5.74) is 1.03. The molecule has 0 saturated heterocycles. The molecule has 5 heteroatoms. The zero-order chi connectivity index (χ0) is 13.0. The van der Waals surface area contributed by atoms with Crippen molar-refractivity contribution in [3.63, 3.8) is 0 Å². The average Bonchev–Trinajstić information content (AvgIpc) is 2.76. The summed E-state index contributed by atoms with van der Waals surface area (Å²) < 4.78 is 0.986. The first-order valence-corrected chi connectivity index (χ1v) is 8.36. The Morgan fingerprint density at radius 1 is 1.56 bits per heavy atom. The number of amides is 1. The van der Waals surface area contributed by atoms with E-state index in [-0.39, 0.29) is 5.91 Å². The van der Waals surface area contributed by atoms with Gasteiger partial charge in [0, 0.05) is 17.1 Å². The molecule has 18 heavy (non-hydrogen) atoms. The molecule has 0 bridgehead atoms. The van der Waals surface area contributed by atoms with Crippen LogP contribution in [0.2, 0.25) is 0 Å². The predicted molar refractivity (Wildman–Crippen MR) is 77.1 cm³/mol. The summed E-state index contributed by atoms with van der Waals surface area (Å²) in [6.45, 7) is 4.21. The summed E-state index contributed by atoms with van der Waals surface area (Å²) in [6.07, 6.45) is 4.92. The molecule has 1 amide bonds. The van der Waals surface area contributed by atoms with E-state index in [0.717, 1.165) is 16.5 Å². The van der Waals surface area contributed by atoms with Crippen LogP contribution in [0.1, 0.15) is 38.3 Å². The molecule has 3 nitrogen and oxygen atoms in total. The van der Waals surface area contributed by atoms with E-state index < -0.39 is 0 Å². The highest BCUT2D eigenvalue weighted by Gasteiger charge is 2.22. The van der Waals surface area contributed by atoms with Gasteiger partial charge in [-0.1, -0.05) is 31.5 Å². The summed E-state index contributed by atoms with van der Waals surface area (Å²) in [6, 6.07) is 0.380. The molecule has 1 aliphatic carbocycles. The SMILES string of the molecule is Cc1csc(SCC(=O)N[C@H]2CCCC[C@@H]2C)n1. The maximum atomic E-state index is 11.9. The van der Waals surface area contributed by atoms with Crippen LogP contribution in [0.3, 0.4) is 0 Å². The largest absolute Gasteiger partial charge is 0.352 e. The van der Waals surface area contributed by atoms with Gasteiger partial charge in [-0.2, -0.15) is 0 Å². The van der Waals surface area contributed by atoms with Crippen LogP contribution < -0.4 is 5.32 Å². The van der Waals surface area contributed by atoms with Crippen molar-refractivity contribution in [1.29, 1.82) is 0 Å². The van der Waals surface area contributed by atoms with Crippen LogP contribution in [-0.4, -0.2) is 22.7 Å². The van der Waals surface area contributed by atoms with Crippen molar-refractivity contribution < 1.29 is 4.79 Å². The Hall–Kier alpha value is -0.550. The minimum absolute atomic E-state index is 0.145. The third-order valence-electron chi connectivity index (χ3n) is 3.38. The topological polar surface area (TPSA) is 42.0 Å². The number of aryl methyl sites for hydroxylation is 1. The molecule has 0 aromatic carbocycles. The van der Waals surface area contributed by atoms with E-state index in [0.29, 0.717) is 17.7 Å². The molecule has 1 aromatic rings. The number of carbonyl (C=O) groups is 1. The molecule has 0 unspecified atom stereocenters. The highest BCUT2D eigenvalue weighted by atomic mass is 32.2. The molecule has 2 rings (SSSR count). The minimum Gasteiger partial charge on any atom is -0.352 e. The maximum Gasteiger partial charge on any atom is 0.230 e. The van der Waals surface area contributed by atoms with Gasteiger partial charge in [-0.25, -0.2) is 4.98 Å². The van der Waals surface area contributed by atoms with Gasteiger partial charge in [0.1, 0.15) is 0 Å².